The molecule has 0 bridgehead atoms. The number of hydrogen-bond donors (Lipinski definition) is 0. The first-order chi connectivity index (χ1) is 10.6. The first kappa shape index (κ1) is 14.6. The number of thiophene rings is 1. The molecule has 0 amide bonds. The number of anilines is 1. The molecule has 0 radical (unpaired) electrons. The van der Waals surface area contributed by atoms with Gasteiger partial charge in [-0.15, -0.1) is 11.3 Å². The summed E-state index contributed by atoms with van der Waals surface area (Å²) in [6.45, 7) is 0.734. The van der Waals surface area contributed by atoms with Crippen LogP contribution in [0.2, 0.25) is 0 Å². The molecule has 2 aromatic heterocycles. The Bertz CT molecular complexity index is 857. The van der Waals surface area contributed by atoms with Gasteiger partial charge in [-0.2, -0.15) is 5.26 Å². The molecule has 2 aromatic rings. The summed E-state index contributed by atoms with van der Waals surface area (Å²) in [5, 5.41) is 11.4. The van der Waals surface area contributed by atoms with Crippen molar-refractivity contribution in [3.8, 4) is 6.07 Å². The van der Waals surface area contributed by atoms with Gasteiger partial charge in [0.2, 0.25) is 0 Å². The summed E-state index contributed by atoms with van der Waals surface area (Å²) < 4.78 is 2.39. The van der Waals surface area contributed by atoms with Crippen molar-refractivity contribution < 1.29 is 0 Å². The van der Waals surface area contributed by atoms with E-state index in [4.69, 9.17) is 0 Å². The van der Waals surface area contributed by atoms with E-state index in [-0.39, 0.29) is 11.6 Å². The second kappa shape index (κ2) is 5.46. The molecule has 6 nitrogen and oxygen atoms in total. The van der Waals surface area contributed by atoms with Crippen LogP contribution in [0.4, 0.5) is 5.82 Å². The summed E-state index contributed by atoms with van der Waals surface area (Å²) in [5.41, 5.74) is -0.902. The van der Waals surface area contributed by atoms with Crippen molar-refractivity contribution in [1.82, 2.24) is 9.13 Å². The van der Waals surface area contributed by atoms with Crippen LogP contribution in [0.15, 0.2) is 27.1 Å². The van der Waals surface area contributed by atoms with Gasteiger partial charge in [0.05, 0.1) is 6.04 Å². The van der Waals surface area contributed by atoms with Gasteiger partial charge in [-0.25, -0.2) is 4.79 Å². The summed E-state index contributed by atoms with van der Waals surface area (Å²) in [6.07, 6.45) is 1.92. The Morgan fingerprint density at radius 2 is 2.09 bits per heavy atom. The first-order valence-electron chi connectivity index (χ1n) is 7.06. The zero-order chi connectivity index (χ0) is 15.9. The first-order valence-corrected chi connectivity index (χ1v) is 7.94. The van der Waals surface area contributed by atoms with Gasteiger partial charge in [-0.05, 0) is 24.3 Å². The molecule has 0 N–H and O–H groups in total. The van der Waals surface area contributed by atoms with Crippen LogP contribution in [0, 0.1) is 11.3 Å². The molecule has 3 heterocycles. The maximum Gasteiger partial charge on any atom is 0.332 e. The quantitative estimate of drug-likeness (QED) is 0.839. The van der Waals surface area contributed by atoms with Crippen LogP contribution in [0.25, 0.3) is 0 Å². The van der Waals surface area contributed by atoms with E-state index in [1.807, 2.05) is 22.4 Å². The van der Waals surface area contributed by atoms with Gasteiger partial charge in [0.25, 0.3) is 5.56 Å². The van der Waals surface area contributed by atoms with Crippen molar-refractivity contribution in [3.63, 3.8) is 0 Å². The van der Waals surface area contributed by atoms with Crippen molar-refractivity contribution in [2.24, 2.45) is 14.1 Å². The minimum atomic E-state index is -0.530. The van der Waals surface area contributed by atoms with Crippen LogP contribution in [0.1, 0.15) is 29.3 Å². The summed E-state index contributed by atoms with van der Waals surface area (Å²) in [4.78, 5) is 27.7. The van der Waals surface area contributed by atoms with Crippen molar-refractivity contribution in [3.05, 3.63) is 48.8 Å². The molecule has 1 atom stereocenters. The zero-order valence-electron chi connectivity index (χ0n) is 12.4. The molecule has 1 aliphatic rings. The van der Waals surface area contributed by atoms with E-state index in [0.29, 0.717) is 5.82 Å². The number of nitrogens with zero attached hydrogens (tertiary/aromatic N) is 4. The summed E-state index contributed by atoms with van der Waals surface area (Å²) >= 11 is 1.65. The molecule has 22 heavy (non-hydrogen) atoms. The molecule has 0 saturated carbocycles. The van der Waals surface area contributed by atoms with Gasteiger partial charge in [-0.1, -0.05) is 6.07 Å². The monoisotopic (exact) mass is 316 g/mol. The molecule has 1 fully saturated rings. The van der Waals surface area contributed by atoms with Crippen LogP contribution < -0.4 is 16.1 Å². The van der Waals surface area contributed by atoms with Crippen LogP contribution in [0.3, 0.4) is 0 Å². The topological polar surface area (TPSA) is 71.0 Å². The Morgan fingerprint density at radius 3 is 2.73 bits per heavy atom. The van der Waals surface area contributed by atoms with Gasteiger partial charge < -0.3 is 4.90 Å². The third-order valence-electron chi connectivity index (χ3n) is 4.14. The molecular formula is C15H16N4O2S. The predicted octanol–water partition coefficient (Wildman–Crippen LogP) is 1.36. The van der Waals surface area contributed by atoms with E-state index < -0.39 is 11.2 Å². The number of rotatable bonds is 2. The van der Waals surface area contributed by atoms with Crippen LogP contribution >= 0.6 is 11.3 Å². The number of aromatic nitrogens is 2. The second-order valence-electron chi connectivity index (χ2n) is 5.38. The van der Waals surface area contributed by atoms with Crippen LogP contribution in [-0.2, 0) is 14.1 Å². The summed E-state index contributed by atoms with van der Waals surface area (Å²) in [5.74, 6) is 0.437. The van der Waals surface area contributed by atoms with E-state index in [0.717, 1.165) is 24.0 Å². The fraction of sp³-hybridized carbons (Fsp3) is 0.400. The van der Waals surface area contributed by atoms with Crippen molar-refractivity contribution >= 4 is 17.2 Å². The highest BCUT2D eigenvalue weighted by molar-refractivity contribution is 7.10. The predicted molar refractivity (Wildman–Crippen MR) is 85.3 cm³/mol. The molecule has 0 spiro atoms. The molecule has 114 valence electrons. The minimum Gasteiger partial charge on any atom is -0.349 e. The Hall–Kier alpha value is -2.33. The normalized spacial score (nSPS) is 17.7. The molecule has 1 saturated heterocycles. The maximum absolute atomic E-state index is 12.2. The molecule has 0 aromatic carbocycles. The average molecular weight is 316 g/mol. The SMILES string of the molecule is Cn1c(N2CCC[C@H]2c2cccs2)c(C#N)c(=O)n(C)c1=O. The lowest BCUT2D eigenvalue weighted by Gasteiger charge is -2.28. The fourth-order valence-corrected chi connectivity index (χ4v) is 3.94. The molecule has 1 aliphatic heterocycles. The second-order valence-corrected chi connectivity index (χ2v) is 6.36. The minimum absolute atomic E-state index is 0.0352. The highest BCUT2D eigenvalue weighted by Crippen LogP contribution is 2.38. The molecule has 3 rings (SSSR count). The highest BCUT2D eigenvalue weighted by Gasteiger charge is 2.31. The Kier molecular flexibility index (Phi) is 3.62. The third-order valence-corrected chi connectivity index (χ3v) is 5.12. The van der Waals surface area contributed by atoms with Crippen molar-refractivity contribution in [2.75, 3.05) is 11.4 Å². The van der Waals surface area contributed by atoms with Crippen LogP contribution in [0.5, 0.6) is 0 Å². The zero-order valence-corrected chi connectivity index (χ0v) is 13.3. The lowest BCUT2D eigenvalue weighted by atomic mass is 10.1. The highest BCUT2D eigenvalue weighted by atomic mass is 32.1. The van der Waals surface area contributed by atoms with E-state index in [1.165, 1.54) is 16.5 Å². The largest absolute Gasteiger partial charge is 0.349 e. The number of hydrogen-bond acceptors (Lipinski definition) is 5. The van der Waals surface area contributed by atoms with Gasteiger partial charge in [0.15, 0.2) is 5.56 Å². The van der Waals surface area contributed by atoms with E-state index >= 15 is 0 Å². The number of nitriles is 1. The summed E-state index contributed by atoms with van der Waals surface area (Å²) in [7, 11) is 3.01. The van der Waals surface area contributed by atoms with E-state index in [9.17, 15) is 14.9 Å². The Balaban J connectivity index is 2.22. The van der Waals surface area contributed by atoms with E-state index in [2.05, 4.69) is 6.07 Å². The van der Waals surface area contributed by atoms with Gasteiger partial charge >= 0.3 is 5.69 Å². The van der Waals surface area contributed by atoms with Gasteiger partial charge in [-0.3, -0.25) is 13.9 Å². The standard InChI is InChI=1S/C15H16N4O2S/c1-17-13(10(9-16)14(20)18(2)15(17)21)19-7-3-5-11(19)12-6-4-8-22-12/h4,6,8,11H,3,5,7H2,1-2H3/t11-/m0/s1. The van der Waals surface area contributed by atoms with Crippen molar-refractivity contribution in [2.45, 2.75) is 18.9 Å². The Labute approximate surface area is 131 Å². The van der Waals surface area contributed by atoms with Crippen LogP contribution in [-0.4, -0.2) is 15.7 Å². The van der Waals surface area contributed by atoms with Crippen molar-refractivity contribution in [1.29, 1.82) is 5.26 Å². The lowest BCUT2D eigenvalue weighted by molar-refractivity contribution is 0.642. The maximum atomic E-state index is 12.2. The third kappa shape index (κ3) is 2.07. The average Bonchev–Trinajstić information content (AvgIpc) is 3.18. The molecule has 0 aliphatic carbocycles. The summed E-state index contributed by atoms with van der Waals surface area (Å²) in [6, 6.07) is 6.14. The van der Waals surface area contributed by atoms with Gasteiger partial charge in [0, 0.05) is 25.5 Å². The fourth-order valence-electron chi connectivity index (χ4n) is 3.06. The molecular weight excluding hydrogens is 300 g/mol. The smallest absolute Gasteiger partial charge is 0.332 e. The molecule has 0 unspecified atom stereocenters. The van der Waals surface area contributed by atoms with Gasteiger partial charge in [0.1, 0.15) is 11.9 Å². The Morgan fingerprint density at radius 1 is 1.32 bits per heavy atom. The molecule has 7 heteroatoms. The lowest BCUT2D eigenvalue weighted by Crippen LogP contribution is -2.42. The van der Waals surface area contributed by atoms with E-state index in [1.54, 1.807) is 18.4 Å².